The molecule has 1 atom stereocenters. The number of hydrogen-bond acceptors (Lipinski definition) is 2. The largest absolute Gasteiger partial charge is 0.417 e. The molecule has 1 N–H and O–H groups in total. The summed E-state index contributed by atoms with van der Waals surface area (Å²) in [5.41, 5.74) is -1.03. The highest BCUT2D eigenvalue weighted by Crippen LogP contribution is 2.38. The van der Waals surface area contributed by atoms with Crippen LogP contribution in [0.15, 0.2) is 24.3 Å². The van der Waals surface area contributed by atoms with Crippen molar-refractivity contribution in [1.82, 2.24) is 10.2 Å². The molecule has 0 aliphatic carbocycles. The van der Waals surface area contributed by atoms with Crippen molar-refractivity contribution in [3.8, 4) is 0 Å². The molecule has 1 amide bonds. The van der Waals surface area contributed by atoms with Gasteiger partial charge < -0.3 is 10.2 Å². The molecule has 0 radical (unpaired) electrons. The molecule has 3 rings (SSSR count). The highest BCUT2D eigenvalue weighted by atomic mass is 35.5. The summed E-state index contributed by atoms with van der Waals surface area (Å²) in [6, 6.07) is 5.02. The molecule has 2 aliphatic heterocycles. The second-order valence-electron chi connectivity index (χ2n) is 5.95. The van der Waals surface area contributed by atoms with E-state index in [0.29, 0.717) is 13.1 Å². The Morgan fingerprint density at radius 1 is 1.23 bits per heavy atom. The van der Waals surface area contributed by atoms with E-state index in [1.165, 1.54) is 18.2 Å². The molecule has 122 valence electrons. The van der Waals surface area contributed by atoms with Crippen LogP contribution in [0.25, 0.3) is 0 Å². The predicted molar refractivity (Wildman–Crippen MR) is 79.1 cm³/mol. The standard InChI is InChI=1S/C15H17F3N2O.ClH/c16-15(17,18)12-4-2-1-3-11(12)13(21)20-8-6-14(10-20)5-7-19-9-14;/h1-4,19H,5-10H2;1H. The average molecular weight is 335 g/mol. The Hall–Kier alpha value is -1.27. The van der Waals surface area contributed by atoms with E-state index in [-0.39, 0.29) is 23.4 Å². The van der Waals surface area contributed by atoms with Crippen molar-refractivity contribution in [3.63, 3.8) is 0 Å². The van der Waals surface area contributed by atoms with Gasteiger partial charge in [-0.3, -0.25) is 4.79 Å². The van der Waals surface area contributed by atoms with E-state index in [1.54, 1.807) is 4.90 Å². The van der Waals surface area contributed by atoms with Crippen LogP contribution in [0.1, 0.15) is 28.8 Å². The van der Waals surface area contributed by atoms with Crippen molar-refractivity contribution in [2.75, 3.05) is 26.2 Å². The van der Waals surface area contributed by atoms with Crippen molar-refractivity contribution in [2.24, 2.45) is 5.41 Å². The third-order valence-corrected chi connectivity index (χ3v) is 4.52. The lowest BCUT2D eigenvalue weighted by atomic mass is 9.86. The molecule has 2 saturated heterocycles. The van der Waals surface area contributed by atoms with Crippen molar-refractivity contribution in [3.05, 3.63) is 35.4 Å². The fourth-order valence-electron chi connectivity index (χ4n) is 3.34. The summed E-state index contributed by atoms with van der Waals surface area (Å²) in [5.74, 6) is -0.508. The molecule has 2 aliphatic rings. The summed E-state index contributed by atoms with van der Waals surface area (Å²) in [6.45, 7) is 2.84. The first-order valence-corrected chi connectivity index (χ1v) is 7.08. The number of carbonyl (C=O) groups is 1. The summed E-state index contributed by atoms with van der Waals surface area (Å²) in [7, 11) is 0. The number of alkyl halides is 3. The number of carbonyl (C=O) groups excluding carboxylic acids is 1. The summed E-state index contributed by atoms with van der Waals surface area (Å²) in [4.78, 5) is 14.0. The van der Waals surface area contributed by atoms with Crippen LogP contribution in [-0.4, -0.2) is 37.0 Å². The lowest BCUT2D eigenvalue weighted by molar-refractivity contribution is -0.138. The van der Waals surface area contributed by atoms with Crippen LogP contribution in [0, 0.1) is 5.41 Å². The van der Waals surface area contributed by atoms with Crippen molar-refractivity contribution in [2.45, 2.75) is 19.0 Å². The van der Waals surface area contributed by atoms with Crippen LogP contribution in [0.3, 0.4) is 0 Å². The van der Waals surface area contributed by atoms with Gasteiger partial charge in [0.05, 0.1) is 11.1 Å². The van der Waals surface area contributed by atoms with Crippen LogP contribution < -0.4 is 5.32 Å². The van der Waals surface area contributed by atoms with Gasteiger partial charge in [-0.05, 0) is 31.5 Å². The maximum absolute atomic E-state index is 13.0. The number of amides is 1. The molecule has 2 fully saturated rings. The summed E-state index contributed by atoms with van der Waals surface area (Å²) in [5, 5.41) is 3.27. The Bertz CT molecular complexity index is 556. The second kappa shape index (κ2) is 6.08. The Balaban J connectivity index is 0.00000176. The Morgan fingerprint density at radius 3 is 2.59 bits per heavy atom. The minimum absolute atomic E-state index is 0. The van der Waals surface area contributed by atoms with Crippen molar-refractivity contribution in [1.29, 1.82) is 0 Å². The monoisotopic (exact) mass is 334 g/mol. The van der Waals surface area contributed by atoms with Gasteiger partial charge in [-0.2, -0.15) is 13.2 Å². The number of nitrogens with zero attached hydrogens (tertiary/aromatic N) is 1. The number of rotatable bonds is 1. The SMILES string of the molecule is Cl.O=C(c1ccccc1C(F)(F)F)N1CCC2(CCNC2)C1. The quantitative estimate of drug-likeness (QED) is 0.856. The first-order valence-electron chi connectivity index (χ1n) is 7.08. The maximum Gasteiger partial charge on any atom is 0.417 e. The van der Waals surface area contributed by atoms with Gasteiger partial charge in [-0.15, -0.1) is 12.4 Å². The number of likely N-dealkylation sites (tertiary alicyclic amines) is 1. The summed E-state index contributed by atoms with van der Waals surface area (Å²) < 4.78 is 39.0. The Kier molecular flexibility index (Phi) is 4.73. The molecule has 1 spiro atoms. The molecule has 0 aromatic heterocycles. The van der Waals surface area contributed by atoms with Crippen LogP contribution in [0.5, 0.6) is 0 Å². The maximum atomic E-state index is 13.0. The fraction of sp³-hybridized carbons (Fsp3) is 0.533. The predicted octanol–water partition coefficient (Wildman–Crippen LogP) is 2.95. The minimum Gasteiger partial charge on any atom is -0.338 e. The molecule has 3 nitrogen and oxygen atoms in total. The van der Waals surface area contributed by atoms with Gasteiger partial charge in [0.2, 0.25) is 0 Å². The van der Waals surface area contributed by atoms with Crippen molar-refractivity contribution >= 4 is 18.3 Å². The minimum atomic E-state index is -4.50. The molecular formula is C15H18ClF3N2O. The first kappa shape index (κ1) is 17.1. The third-order valence-electron chi connectivity index (χ3n) is 4.52. The van der Waals surface area contributed by atoms with E-state index in [0.717, 1.165) is 32.0 Å². The lowest BCUT2D eigenvalue weighted by Gasteiger charge is -2.23. The third kappa shape index (κ3) is 3.08. The van der Waals surface area contributed by atoms with Gasteiger partial charge in [0.25, 0.3) is 5.91 Å². The van der Waals surface area contributed by atoms with Gasteiger partial charge in [0.15, 0.2) is 0 Å². The average Bonchev–Trinajstić information content (AvgIpc) is 3.08. The highest BCUT2D eigenvalue weighted by Gasteiger charge is 2.43. The molecule has 1 aromatic rings. The molecular weight excluding hydrogens is 317 g/mol. The first-order chi connectivity index (χ1) is 9.91. The molecule has 2 heterocycles. The van der Waals surface area contributed by atoms with Crippen LogP contribution >= 0.6 is 12.4 Å². The zero-order valence-electron chi connectivity index (χ0n) is 11.9. The van der Waals surface area contributed by atoms with E-state index in [4.69, 9.17) is 0 Å². The lowest BCUT2D eigenvalue weighted by Crippen LogP contribution is -2.34. The smallest absolute Gasteiger partial charge is 0.338 e. The van der Waals surface area contributed by atoms with Crippen molar-refractivity contribution < 1.29 is 18.0 Å². The molecule has 0 saturated carbocycles. The summed E-state index contributed by atoms with van der Waals surface area (Å²) in [6.07, 6.45) is -2.66. The van der Waals surface area contributed by atoms with E-state index in [1.807, 2.05) is 0 Å². The van der Waals surface area contributed by atoms with Gasteiger partial charge in [-0.1, -0.05) is 12.1 Å². The Labute approximate surface area is 133 Å². The van der Waals surface area contributed by atoms with E-state index >= 15 is 0 Å². The van der Waals surface area contributed by atoms with Crippen LogP contribution in [0.4, 0.5) is 13.2 Å². The molecule has 0 bridgehead atoms. The van der Waals surface area contributed by atoms with Gasteiger partial charge in [0.1, 0.15) is 0 Å². The fourth-order valence-corrected chi connectivity index (χ4v) is 3.34. The number of hydrogen-bond donors (Lipinski definition) is 1. The van der Waals surface area contributed by atoms with Gasteiger partial charge in [0, 0.05) is 25.0 Å². The topological polar surface area (TPSA) is 32.3 Å². The highest BCUT2D eigenvalue weighted by molar-refractivity contribution is 5.96. The van der Waals surface area contributed by atoms with Gasteiger partial charge in [-0.25, -0.2) is 0 Å². The molecule has 7 heteroatoms. The molecule has 1 unspecified atom stereocenters. The molecule has 1 aromatic carbocycles. The zero-order valence-corrected chi connectivity index (χ0v) is 12.8. The van der Waals surface area contributed by atoms with E-state index in [2.05, 4.69) is 5.32 Å². The Morgan fingerprint density at radius 2 is 1.95 bits per heavy atom. The number of nitrogens with one attached hydrogen (secondary N) is 1. The van der Waals surface area contributed by atoms with Crippen LogP contribution in [-0.2, 0) is 6.18 Å². The zero-order chi connectivity index (χ0) is 15.1. The van der Waals surface area contributed by atoms with E-state index < -0.39 is 17.6 Å². The second-order valence-corrected chi connectivity index (χ2v) is 5.95. The number of halogens is 4. The van der Waals surface area contributed by atoms with Gasteiger partial charge >= 0.3 is 6.18 Å². The van der Waals surface area contributed by atoms with E-state index in [9.17, 15) is 18.0 Å². The number of benzene rings is 1. The summed E-state index contributed by atoms with van der Waals surface area (Å²) >= 11 is 0. The molecule has 22 heavy (non-hydrogen) atoms. The van der Waals surface area contributed by atoms with Crippen LogP contribution in [0.2, 0.25) is 0 Å². The normalized spacial score (nSPS) is 24.6.